The lowest BCUT2D eigenvalue weighted by molar-refractivity contribution is -0.162. The fourth-order valence-electron chi connectivity index (χ4n) is 6.24. The Bertz CT molecular complexity index is 1780. The highest BCUT2D eigenvalue weighted by molar-refractivity contribution is 6.08. The molecule has 2 aliphatic rings. The van der Waals surface area contributed by atoms with Gasteiger partial charge >= 0.3 is 5.97 Å². The summed E-state index contributed by atoms with van der Waals surface area (Å²) in [6.07, 6.45) is 5.35. The SMILES string of the molecule is Cc1c([C@@H](COC(=O)C(C)(C)C)OC(C)(C)C)c(-c2ccc3c4c(ccnc24)CCO3)c2ccc(=O)[nH]c2c1CC1CC1. The van der Waals surface area contributed by atoms with Crippen molar-refractivity contribution in [3.05, 3.63) is 69.1 Å². The number of esters is 1. The lowest BCUT2D eigenvalue weighted by Crippen LogP contribution is -2.30. The minimum absolute atomic E-state index is 0.0662. The van der Waals surface area contributed by atoms with Crippen molar-refractivity contribution in [2.45, 2.75) is 85.9 Å². The number of hydrogen-bond acceptors (Lipinski definition) is 6. The van der Waals surface area contributed by atoms with Gasteiger partial charge in [0.1, 0.15) is 18.5 Å². The highest BCUT2D eigenvalue weighted by atomic mass is 16.6. The van der Waals surface area contributed by atoms with Crippen LogP contribution in [0.15, 0.2) is 41.3 Å². The number of nitrogens with one attached hydrogen (secondary N) is 1. The van der Waals surface area contributed by atoms with Crippen molar-refractivity contribution in [2.24, 2.45) is 11.3 Å². The first-order valence-electron chi connectivity index (χ1n) is 15.4. The van der Waals surface area contributed by atoms with Crippen LogP contribution in [0.25, 0.3) is 32.9 Å². The molecule has 0 saturated heterocycles. The molecule has 4 aromatic rings. The molecular formula is C36H42N2O5. The molecule has 6 rings (SSSR count). The zero-order chi connectivity index (χ0) is 30.7. The number of pyridine rings is 2. The number of hydrogen-bond donors (Lipinski definition) is 1. The van der Waals surface area contributed by atoms with Gasteiger partial charge in [-0.05, 0) is 126 Å². The molecule has 7 heteroatoms. The number of aromatic nitrogens is 2. The average molecular weight is 583 g/mol. The summed E-state index contributed by atoms with van der Waals surface area (Å²) in [5, 5.41) is 1.95. The molecule has 0 spiro atoms. The van der Waals surface area contributed by atoms with Gasteiger partial charge in [-0.1, -0.05) is 0 Å². The molecule has 1 atom stereocenters. The topological polar surface area (TPSA) is 90.5 Å². The zero-order valence-electron chi connectivity index (χ0n) is 26.3. The third-order valence-corrected chi connectivity index (χ3v) is 8.44. The van der Waals surface area contributed by atoms with E-state index in [0.717, 1.165) is 68.2 Å². The van der Waals surface area contributed by atoms with Crippen molar-refractivity contribution in [1.29, 1.82) is 0 Å². The van der Waals surface area contributed by atoms with Crippen LogP contribution >= 0.6 is 0 Å². The Morgan fingerprint density at radius 3 is 2.56 bits per heavy atom. The number of carbonyl (C=O) groups is 1. The van der Waals surface area contributed by atoms with E-state index in [1.165, 1.54) is 18.4 Å². The number of aromatic amines is 1. The molecule has 1 N–H and O–H groups in total. The average Bonchev–Trinajstić information content (AvgIpc) is 3.76. The fraction of sp³-hybridized carbons (Fsp3) is 0.472. The van der Waals surface area contributed by atoms with Crippen LogP contribution in [0, 0.1) is 18.3 Å². The Kier molecular flexibility index (Phi) is 7.36. The maximum atomic E-state index is 13.0. The Morgan fingerprint density at radius 2 is 1.86 bits per heavy atom. The molecule has 1 fully saturated rings. The van der Waals surface area contributed by atoms with Crippen molar-refractivity contribution in [3.63, 3.8) is 0 Å². The molecule has 7 nitrogen and oxygen atoms in total. The number of benzene rings is 2. The molecule has 2 aromatic heterocycles. The number of carbonyl (C=O) groups excluding carboxylic acids is 1. The third kappa shape index (κ3) is 5.79. The Labute approximate surface area is 253 Å². The highest BCUT2D eigenvalue weighted by Gasteiger charge is 2.34. The van der Waals surface area contributed by atoms with Crippen LogP contribution in [0.4, 0.5) is 0 Å². The van der Waals surface area contributed by atoms with Crippen molar-refractivity contribution in [1.82, 2.24) is 9.97 Å². The molecule has 3 heterocycles. The van der Waals surface area contributed by atoms with Crippen LogP contribution in [0.3, 0.4) is 0 Å². The van der Waals surface area contributed by atoms with E-state index >= 15 is 0 Å². The summed E-state index contributed by atoms with van der Waals surface area (Å²) in [7, 11) is 0. The second kappa shape index (κ2) is 10.8. The standard InChI is InChI=1S/C36H42N2O5/c1-20-25(18-21-8-9-21)32-23(11-13-28(39)38-32)31(24-10-12-26-30-22(15-17-41-26)14-16-37-33(24)30)29(20)27(43-36(5,6)7)19-42-34(40)35(2,3)4/h10-14,16,21,27H,8-9,15,17-19H2,1-7H3,(H,38,39)/t27-/m1/s1. The highest BCUT2D eigenvalue weighted by Crippen LogP contribution is 2.47. The van der Waals surface area contributed by atoms with Gasteiger partial charge in [-0.15, -0.1) is 0 Å². The second-order valence-electron chi connectivity index (χ2n) is 14.1. The number of rotatable bonds is 7. The van der Waals surface area contributed by atoms with Crippen molar-refractivity contribution >= 4 is 27.8 Å². The summed E-state index contributed by atoms with van der Waals surface area (Å²) in [4.78, 5) is 33.9. The van der Waals surface area contributed by atoms with Gasteiger partial charge in [0.2, 0.25) is 5.56 Å². The molecule has 0 radical (unpaired) electrons. The van der Waals surface area contributed by atoms with E-state index in [-0.39, 0.29) is 18.1 Å². The summed E-state index contributed by atoms with van der Waals surface area (Å²) in [5.41, 5.74) is 6.61. The molecule has 1 saturated carbocycles. The predicted octanol–water partition coefficient (Wildman–Crippen LogP) is 7.38. The molecule has 0 bridgehead atoms. The third-order valence-electron chi connectivity index (χ3n) is 8.44. The maximum Gasteiger partial charge on any atom is 0.311 e. The first kappa shape index (κ1) is 29.4. The molecular weight excluding hydrogens is 540 g/mol. The lowest BCUT2D eigenvalue weighted by atomic mass is 9.83. The number of ether oxygens (including phenoxy) is 3. The quantitative estimate of drug-likeness (QED) is 0.229. The predicted molar refractivity (Wildman–Crippen MR) is 170 cm³/mol. The van der Waals surface area contributed by atoms with Gasteiger partial charge in [0.05, 0.1) is 28.7 Å². The first-order chi connectivity index (χ1) is 20.3. The number of nitrogens with zero attached hydrogens (tertiary/aromatic N) is 1. The molecule has 1 aliphatic carbocycles. The van der Waals surface area contributed by atoms with Crippen molar-refractivity contribution in [3.8, 4) is 16.9 Å². The van der Waals surface area contributed by atoms with Gasteiger partial charge in [-0.25, -0.2) is 0 Å². The van der Waals surface area contributed by atoms with Crippen LogP contribution in [-0.4, -0.2) is 34.8 Å². The monoisotopic (exact) mass is 582 g/mol. The van der Waals surface area contributed by atoms with E-state index in [2.05, 4.69) is 24.0 Å². The molecule has 2 aromatic carbocycles. The van der Waals surface area contributed by atoms with Gasteiger partial charge in [-0.2, -0.15) is 0 Å². The number of fused-ring (bicyclic) bond motifs is 1. The van der Waals surface area contributed by atoms with Gasteiger partial charge in [-0.3, -0.25) is 14.6 Å². The van der Waals surface area contributed by atoms with Crippen LogP contribution in [0.5, 0.6) is 5.75 Å². The largest absolute Gasteiger partial charge is 0.493 e. The van der Waals surface area contributed by atoms with E-state index in [4.69, 9.17) is 19.2 Å². The summed E-state index contributed by atoms with van der Waals surface area (Å²) >= 11 is 0. The summed E-state index contributed by atoms with van der Waals surface area (Å²) in [6.45, 7) is 14.4. The zero-order valence-corrected chi connectivity index (χ0v) is 26.3. The molecule has 0 unspecified atom stereocenters. The maximum absolute atomic E-state index is 13.0. The first-order valence-corrected chi connectivity index (χ1v) is 15.4. The van der Waals surface area contributed by atoms with E-state index in [0.29, 0.717) is 12.5 Å². The number of H-pyrrole nitrogens is 1. The van der Waals surface area contributed by atoms with Crippen LogP contribution in [0.1, 0.15) is 82.7 Å². The van der Waals surface area contributed by atoms with Gasteiger partial charge in [0.15, 0.2) is 0 Å². The Balaban J connectivity index is 1.68. The minimum atomic E-state index is -0.649. The Hall–Kier alpha value is -3.71. The summed E-state index contributed by atoms with van der Waals surface area (Å²) in [6, 6.07) is 9.67. The minimum Gasteiger partial charge on any atom is -0.493 e. The van der Waals surface area contributed by atoms with Crippen LogP contribution < -0.4 is 10.3 Å². The van der Waals surface area contributed by atoms with Gasteiger partial charge in [0.25, 0.3) is 0 Å². The van der Waals surface area contributed by atoms with Gasteiger partial charge < -0.3 is 19.2 Å². The van der Waals surface area contributed by atoms with E-state index in [1.807, 2.05) is 59.9 Å². The normalized spacial score (nSPS) is 15.9. The van der Waals surface area contributed by atoms with Crippen molar-refractivity contribution < 1.29 is 19.0 Å². The van der Waals surface area contributed by atoms with E-state index < -0.39 is 17.1 Å². The molecule has 0 amide bonds. The molecule has 226 valence electrons. The van der Waals surface area contributed by atoms with E-state index in [1.54, 1.807) is 6.07 Å². The molecule has 1 aliphatic heterocycles. The Morgan fingerprint density at radius 1 is 1.09 bits per heavy atom. The summed E-state index contributed by atoms with van der Waals surface area (Å²) < 4.78 is 18.8. The van der Waals surface area contributed by atoms with E-state index in [9.17, 15) is 9.59 Å². The van der Waals surface area contributed by atoms with Crippen LogP contribution in [-0.2, 0) is 27.1 Å². The summed E-state index contributed by atoms with van der Waals surface area (Å²) in [5.74, 6) is 1.14. The smallest absolute Gasteiger partial charge is 0.311 e. The van der Waals surface area contributed by atoms with Crippen molar-refractivity contribution in [2.75, 3.05) is 13.2 Å². The fourth-order valence-corrected chi connectivity index (χ4v) is 6.24. The second-order valence-corrected chi connectivity index (χ2v) is 14.1. The lowest BCUT2D eigenvalue weighted by Gasteiger charge is -2.32. The molecule has 43 heavy (non-hydrogen) atoms. The van der Waals surface area contributed by atoms with Gasteiger partial charge in [0, 0.05) is 35.0 Å². The van der Waals surface area contributed by atoms with Crippen LogP contribution in [0.2, 0.25) is 0 Å².